The molecule has 31 heavy (non-hydrogen) atoms. The summed E-state index contributed by atoms with van der Waals surface area (Å²) in [5.41, 5.74) is 5.76. The minimum Gasteiger partial charge on any atom is -0.493 e. The number of ether oxygens (including phenoxy) is 3. The number of methoxy groups -OCH3 is 2. The van der Waals surface area contributed by atoms with E-state index in [2.05, 4.69) is 35.2 Å². The number of benzene rings is 2. The molecule has 1 aliphatic carbocycles. The first-order valence-electron chi connectivity index (χ1n) is 10.9. The largest absolute Gasteiger partial charge is 0.493 e. The third-order valence-corrected chi connectivity index (χ3v) is 6.06. The summed E-state index contributed by atoms with van der Waals surface area (Å²) in [5, 5.41) is 0. The quantitative estimate of drug-likeness (QED) is 0.301. The van der Waals surface area contributed by atoms with Crippen molar-refractivity contribution in [3.63, 3.8) is 0 Å². The second-order valence-corrected chi connectivity index (χ2v) is 8.17. The average Bonchev–Trinajstić information content (AvgIpc) is 2.98. The van der Waals surface area contributed by atoms with Crippen LogP contribution in [0.1, 0.15) is 54.5 Å². The topological polar surface area (TPSA) is 60.4 Å². The number of hydrogen-bond acceptors (Lipinski definition) is 5. The van der Waals surface area contributed by atoms with Gasteiger partial charge in [0.2, 0.25) is 0 Å². The summed E-state index contributed by atoms with van der Waals surface area (Å²) in [6, 6.07) is 10.4. The lowest BCUT2D eigenvalue weighted by atomic mass is 9.99. The van der Waals surface area contributed by atoms with E-state index in [1.807, 2.05) is 6.34 Å². The van der Waals surface area contributed by atoms with Crippen LogP contribution in [-0.2, 0) is 28.9 Å². The van der Waals surface area contributed by atoms with Gasteiger partial charge in [-0.25, -0.2) is 4.99 Å². The Kier molecular flexibility index (Phi) is 6.44. The molecule has 0 bridgehead atoms. The smallest absolute Gasteiger partial charge is 0.303 e. The van der Waals surface area contributed by atoms with Gasteiger partial charge >= 0.3 is 5.97 Å². The highest BCUT2D eigenvalue weighted by Crippen LogP contribution is 2.35. The molecule has 2 aromatic rings. The molecule has 0 fully saturated rings. The molecule has 0 saturated heterocycles. The van der Waals surface area contributed by atoms with Gasteiger partial charge in [-0.2, -0.15) is 0 Å². The van der Waals surface area contributed by atoms with Crippen LogP contribution in [0.2, 0.25) is 0 Å². The normalized spacial score (nSPS) is 18.2. The van der Waals surface area contributed by atoms with Crippen molar-refractivity contribution >= 4 is 18.0 Å². The highest BCUT2D eigenvalue weighted by molar-refractivity contribution is 5.67. The summed E-state index contributed by atoms with van der Waals surface area (Å²) >= 11 is 0. The van der Waals surface area contributed by atoms with E-state index in [0.29, 0.717) is 0 Å². The molecule has 0 amide bonds. The van der Waals surface area contributed by atoms with E-state index >= 15 is 0 Å². The zero-order chi connectivity index (χ0) is 21.8. The number of carbonyl (C=O) groups is 1. The number of carbonyl (C=O) groups excluding carboxylic acids is 1. The van der Waals surface area contributed by atoms with Gasteiger partial charge < -0.3 is 19.1 Å². The van der Waals surface area contributed by atoms with Crippen molar-refractivity contribution in [2.45, 2.75) is 51.7 Å². The van der Waals surface area contributed by atoms with Crippen molar-refractivity contribution in [1.29, 1.82) is 0 Å². The standard InChI is InChI=1S/C25H30N2O4/c1-17(28)31-23-7-5-4-6-18-8-9-21(14-22(18)23)26-16-27-11-10-19-12-24(29-2)25(30-3)13-20(19)15-27/h8-9,12-14,16,23H,4-7,10-11,15H2,1-3H3. The van der Waals surface area contributed by atoms with Gasteiger partial charge in [0.05, 0.1) is 26.2 Å². The van der Waals surface area contributed by atoms with Crippen molar-refractivity contribution in [2.24, 2.45) is 4.99 Å². The van der Waals surface area contributed by atoms with Crippen molar-refractivity contribution in [3.8, 4) is 11.5 Å². The molecule has 0 N–H and O–H groups in total. The van der Waals surface area contributed by atoms with Gasteiger partial charge in [0, 0.05) is 20.0 Å². The maximum atomic E-state index is 11.6. The summed E-state index contributed by atoms with van der Waals surface area (Å²) in [6.07, 6.45) is 6.74. The molecule has 4 rings (SSSR count). The molecule has 164 valence electrons. The van der Waals surface area contributed by atoms with E-state index in [4.69, 9.17) is 19.2 Å². The fourth-order valence-corrected chi connectivity index (χ4v) is 4.47. The SMILES string of the molecule is COc1cc2c(cc1OC)CN(C=Nc1ccc3c(c1)C(OC(C)=O)CCCC3)CC2. The number of esters is 1. The lowest BCUT2D eigenvalue weighted by Crippen LogP contribution is -2.29. The van der Waals surface area contributed by atoms with Gasteiger partial charge in [-0.15, -0.1) is 0 Å². The third kappa shape index (κ3) is 4.84. The molecule has 2 aromatic carbocycles. The summed E-state index contributed by atoms with van der Waals surface area (Å²) in [7, 11) is 3.33. The predicted octanol–water partition coefficient (Wildman–Crippen LogP) is 4.75. The number of nitrogens with zero attached hydrogens (tertiary/aromatic N) is 2. The number of fused-ring (bicyclic) bond motifs is 2. The third-order valence-electron chi connectivity index (χ3n) is 6.06. The van der Waals surface area contributed by atoms with Gasteiger partial charge in [-0.1, -0.05) is 6.07 Å². The molecule has 0 radical (unpaired) electrons. The van der Waals surface area contributed by atoms with E-state index in [1.165, 1.54) is 23.6 Å². The van der Waals surface area contributed by atoms with Crippen LogP contribution >= 0.6 is 0 Å². The van der Waals surface area contributed by atoms with E-state index in [1.54, 1.807) is 14.2 Å². The molecule has 6 nitrogen and oxygen atoms in total. The molecule has 0 spiro atoms. The molecule has 1 aliphatic heterocycles. The molecule has 2 aliphatic rings. The Labute approximate surface area is 183 Å². The van der Waals surface area contributed by atoms with Crippen LogP contribution in [0.3, 0.4) is 0 Å². The van der Waals surface area contributed by atoms with E-state index in [-0.39, 0.29) is 12.1 Å². The van der Waals surface area contributed by atoms with Crippen LogP contribution in [0.5, 0.6) is 11.5 Å². The van der Waals surface area contributed by atoms with Crippen molar-refractivity contribution in [1.82, 2.24) is 4.90 Å². The minimum absolute atomic E-state index is 0.172. The number of rotatable bonds is 5. The Morgan fingerprint density at radius 2 is 1.81 bits per heavy atom. The first-order valence-corrected chi connectivity index (χ1v) is 10.9. The Balaban J connectivity index is 1.52. The summed E-state index contributed by atoms with van der Waals surface area (Å²) in [6.45, 7) is 3.15. The first kappa shape index (κ1) is 21.2. The number of aliphatic imine (C=N–C) groups is 1. The number of hydrogen-bond donors (Lipinski definition) is 0. The van der Waals surface area contributed by atoms with Crippen LogP contribution in [0.15, 0.2) is 35.3 Å². The fraction of sp³-hybridized carbons (Fsp3) is 0.440. The van der Waals surface area contributed by atoms with Gasteiger partial charge in [0.1, 0.15) is 6.10 Å². The molecular formula is C25H30N2O4. The summed E-state index contributed by atoms with van der Waals surface area (Å²) in [4.78, 5) is 18.5. The van der Waals surface area contributed by atoms with Crippen molar-refractivity contribution in [3.05, 3.63) is 52.6 Å². The molecular weight excluding hydrogens is 392 g/mol. The first-order chi connectivity index (χ1) is 15.1. The fourth-order valence-electron chi connectivity index (χ4n) is 4.47. The van der Waals surface area contributed by atoms with Gasteiger partial charge in [-0.3, -0.25) is 4.79 Å². The Morgan fingerprint density at radius 3 is 2.55 bits per heavy atom. The van der Waals surface area contributed by atoms with Crippen LogP contribution in [0.25, 0.3) is 0 Å². The monoisotopic (exact) mass is 422 g/mol. The Hall–Kier alpha value is -3.02. The maximum absolute atomic E-state index is 11.6. The Bertz CT molecular complexity index is 986. The molecule has 0 saturated carbocycles. The van der Waals surface area contributed by atoms with Crippen LogP contribution in [-0.4, -0.2) is 38.0 Å². The zero-order valence-corrected chi connectivity index (χ0v) is 18.5. The lowest BCUT2D eigenvalue weighted by molar-refractivity contribution is -0.147. The van der Waals surface area contributed by atoms with Gasteiger partial charge in [-0.05, 0) is 78.6 Å². The van der Waals surface area contributed by atoms with Gasteiger partial charge in [0.25, 0.3) is 0 Å². The van der Waals surface area contributed by atoms with Crippen LogP contribution in [0, 0.1) is 0 Å². The molecule has 1 heterocycles. The van der Waals surface area contributed by atoms with Crippen LogP contribution in [0.4, 0.5) is 5.69 Å². The second kappa shape index (κ2) is 9.41. The minimum atomic E-state index is -0.231. The lowest BCUT2D eigenvalue weighted by Gasteiger charge is -2.27. The predicted molar refractivity (Wildman–Crippen MR) is 120 cm³/mol. The average molecular weight is 423 g/mol. The summed E-state index contributed by atoms with van der Waals surface area (Å²) in [5.74, 6) is 1.30. The zero-order valence-electron chi connectivity index (χ0n) is 18.5. The molecule has 1 unspecified atom stereocenters. The summed E-state index contributed by atoms with van der Waals surface area (Å²) < 4.78 is 16.5. The molecule has 6 heteroatoms. The van der Waals surface area contributed by atoms with Gasteiger partial charge in [0.15, 0.2) is 11.5 Å². The molecule has 0 aromatic heterocycles. The number of aryl methyl sites for hydroxylation is 1. The van der Waals surface area contributed by atoms with E-state index in [9.17, 15) is 4.79 Å². The highest BCUT2D eigenvalue weighted by Gasteiger charge is 2.22. The van der Waals surface area contributed by atoms with Crippen LogP contribution < -0.4 is 9.47 Å². The van der Waals surface area contributed by atoms with Crippen molar-refractivity contribution in [2.75, 3.05) is 20.8 Å². The molecule has 1 atom stereocenters. The highest BCUT2D eigenvalue weighted by atomic mass is 16.5. The van der Waals surface area contributed by atoms with E-state index < -0.39 is 0 Å². The second-order valence-electron chi connectivity index (χ2n) is 8.17. The Morgan fingerprint density at radius 1 is 1.03 bits per heavy atom. The maximum Gasteiger partial charge on any atom is 0.303 e. The van der Waals surface area contributed by atoms with E-state index in [0.717, 1.165) is 67.9 Å². The van der Waals surface area contributed by atoms with Crippen molar-refractivity contribution < 1.29 is 19.0 Å².